The topological polar surface area (TPSA) is 47.1 Å². The van der Waals surface area contributed by atoms with Crippen molar-refractivity contribution in [3.8, 4) is 0 Å². The number of nitrogens with two attached hydrogens (primary N) is 1. The van der Waals surface area contributed by atoms with Crippen molar-refractivity contribution in [3.63, 3.8) is 0 Å². The second-order valence-electron chi connectivity index (χ2n) is 4.31. The third kappa shape index (κ3) is 5.88. The minimum Gasteiger partial charge on any atom is -0.337 e. The first-order valence-corrected chi connectivity index (χ1v) is 6.17. The normalized spacial score (nSPS) is 11.2. The Labute approximate surface area is 98.5 Å². The van der Waals surface area contributed by atoms with E-state index in [1.807, 2.05) is 18.7 Å². The molecule has 1 aromatic rings. The summed E-state index contributed by atoms with van der Waals surface area (Å²) in [5.41, 5.74) is 5.46. The van der Waals surface area contributed by atoms with E-state index in [-0.39, 0.29) is 0 Å². The summed E-state index contributed by atoms with van der Waals surface area (Å²) >= 11 is 0. The molecule has 1 rings (SSSR count). The highest BCUT2D eigenvalue weighted by Crippen LogP contribution is 1.98. The van der Waals surface area contributed by atoms with Gasteiger partial charge in [0.1, 0.15) is 0 Å². The van der Waals surface area contributed by atoms with Gasteiger partial charge in [-0.05, 0) is 45.9 Å². The van der Waals surface area contributed by atoms with Gasteiger partial charge in [0, 0.05) is 18.9 Å². The van der Waals surface area contributed by atoms with E-state index in [4.69, 9.17) is 5.73 Å². The van der Waals surface area contributed by atoms with E-state index in [9.17, 15) is 0 Å². The van der Waals surface area contributed by atoms with Crippen molar-refractivity contribution in [1.29, 1.82) is 0 Å². The van der Waals surface area contributed by atoms with Crippen LogP contribution in [-0.2, 0) is 6.54 Å². The summed E-state index contributed by atoms with van der Waals surface area (Å²) < 4.78 is 2.13. The Kier molecular flexibility index (Phi) is 6.85. The SMILES string of the molecule is CN(CCCCCN)CCCn1ccnc1. The van der Waals surface area contributed by atoms with Crippen LogP contribution in [0.1, 0.15) is 25.7 Å². The Morgan fingerprint density at radius 3 is 2.69 bits per heavy atom. The zero-order valence-electron chi connectivity index (χ0n) is 10.3. The number of imidazole rings is 1. The minimum absolute atomic E-state index is 0.824. The highest BCUT2D eigenvalue weighted by Gasteiger charge is 1.98. The fraction of sp³-hybridized carbons (Fsp3) is 0.750. The standard InChI is InChI=1S/C12H24N4/c1-15(8-4-2-3-6-13)9-5-10-16-11-7-14-12-16/h7,11-12H,2-6,8-10,13H2,1H3. The highest BCUT2D eigenvalue weighted by atomic mass is 15.1. The van der Waals surface area contributed by atoms with Gasteiger partial charge in [-0.15, -0.1) is 0 Å². The Morgan fingerprint density at radius 2 is 2.00 bits per heavy atom. The van der Waals surface area contributed by atoms with Gasteiger partial charge in [-0.3, -0.25) is 0 Å². The van der Waals surface area contributed by atoms with Gasteiger partial charge in [-0.25, -0.2) is 4.98 Å². The van der Waals surface area contributed by atoms with Crippen LogP contribution in [0, 0.1) is 0 Å². The molecule has 0 aliphatic rings. The minimum atomic E-state index is 0.824. The highest BCUT2D eigenvalue weighted by molar-refractivity contribution is 4.73. The van der Waals surface area contributed by atoms with Gasteiger partial charge in [-0.1, -0.05) is 6.42 Å². The lowest BCUT2D eigenvalue weighted by Gasteiger charge is -2.16. The average molecular weight is 224 g/mol. The molecule has 0 aliphatic heterocycles. The van der Waals surface area contributed by atoms with E-state index < -0.39 is 0 Å². The number of nitrogens with zero attached hydrogens (tertiary/aromatic N) is 3. The summed E-state index contributed by atoms with van der Waals surface area (Å²) in [6, 6.07) is 0. The summed E-state index contributed by atoms with van der Waals surface area (Å²) in [7, 11) is 2.19. The van der Waals surface area contributed by atoms with Gasteiger partial charge in [0.05, 0.1) is 6.33 Å². The number of aryl methyl sites for hydroxylation is 1. The summed E-state index contributed by atoms with van der Waals surface area (Å²) in [6.07, 6.45) is 10.6. The maximum absolute atomic E-state index is 5.46. The zero-order chi connectivity index (χ0) is 11.6. The number of aromatic nitrogens is 2. The molecule has 0 saturated heterocycles. The molecule has 0 spiro atoms. The van der Waals surface area contributed by atoms with Crippen molar-refractivity contribution in [3.05, 3.63) is 18.7 Å². The fourth-order valence-corrected chi connectivity index (χ4v) is 1.76. The van der Waals surface area contributed by atoms with Gasteiger partial charge in [0.15, 0.2) is 0 Å². The molecular weight excluding hydrogens is 200 g/mol. The summed E-state index contributed by atoms with van der Waals surface area (Å²) in [5.74, 6) is 0. The largest absolute Gasteiger partial charge is 0.337 e. The molecule has 1 heterocycles. The van der Waals surface area contributed by atoms with E-state index in [2.05, 4.69) is 21.5 Å². The monoisotopic (exact) mass is 224 g/mol. The Hall–Kier alpha value is -0.870. The van der Waals surface area contributed by atoms with E-state index >= 15 is 0 Å². The van der Waals surface area contributed by atoms with Crippen LogP contribution in [0.3, 0.4) is 0 Å². The molecule has 0 unspecified atom stereocenters. The number of hydrogen-bond donors (Lipinski definition) is 1. The molecule has 0 atom stereocenters. The first kappa shape index (κ1) is 13.2. The van der Waals surface area contributed by atoms with E-state index in [1.165, 1.54) is 25.8 Å². The molecule has 0 fully saturated rings. The van der Waals surface area contributed by atoms with Crippen molar-refractivity contribution in [2.24, 2.45) is 5.73 Å². The van der Waals surface area contributed by atoms with Gasteiger partial charge >= 0.3 is 0 Å². The molecule has 0 radical (unpaired) electrons. The molecule has 0 saturated carbocycles. The van der Waals surface area contributed by atoms with Crippen molar-refractivity contribution in [2.75, 3.05) is 26.7 Å². The Bertz CT molecular complexity index is 246. The molecule has 4 nitrogen and oxygen atoms in total. The van der Waals surface area contributed by atoms with Crippen LogP contribution in [0.25, 0.3) is 0 Å². The lowest BCUT2D eigenvalue weighted by Crippen LogP contribution is -2.22. The van der Waals surface area contributed by atoms with Gasteiger partial charge < -0.3 is 15.2 Å². The summed E-state index contributed by atoms with van der Waals surface area (Å²) in [6.45, 7) is 4.22. The number of rotatable bonds is 9. The predicted molar refractivity (Wildman–Crippen MR) is 67.2 cm³/mol. The smallest absolute Gasteiger partial charge is 0.0945 e. The number of unbranched alkanes of at least 4 members (excludes halogenated alkanes) is 2. The van der Waals surface area contributed by atoms with Crippen molar-refractivity contribution in [2.45, 2.75) is 32.2 Å². The lowest BCUT2D eigenvalue weighted by atomic mass is 10.2. The van der Waals surface area contributed by atoms with E-state index in [0.717, 1.165) is 26.1 Å². The zero-order valence-corrected chi connectivity index (χ0v) is 10.3. The van der Waals surface area contributed by atoms with Crippen LogP contribution in [-0.4, -0.2) is 41.1 Å². The predicted octanol–water partition coefficient (Wildman–Crippen LogP) is 1.33. The van der Waals surface area contributed by atoms with Crippen molar-refractivity contribution >= 4 is 0 Å². The maximum Gasteiger partial charge on any atom is 0.0945 e. The molecule has 92 valence electrons. The molecule has 0 aromatic carbocycles. The molecular formula is C12H24N4. The van der Waals surface area contributed by atoms with E-state index in [1.54, 1.807) is 0 Å². The van der Waals surface area contributed by atoms with Crippen LogP contribution in [0.2, 0.25) is 0 Å². The van der Waals surface area contributed by atoms with Crippen LogP contribution in [0.15, 0.2) is 18.7 Å². The van der Waals surface area contributed by atoms with Crippen LogP contribution >= 0.6 is 0 Å². The third-order valence-corrected chi connectivity index (χ3v) is 2.76. The van der Waals surface area contributed by atoms with Crippen molar-refractivity contribution in [1.82, 2.24) is 14.5 Å². The first-order valence-electron chi connectivity index (χ1n) is 6.17. The second kappa shape index (κ2) is 8.30. The third-order valence-electron chi connectivity index (χ3n) is 2.76. The molecule has 0 amide bonds. The molecule has 0 bridgehead atoms. The Balaban J connectivity index is 1.95. The second-order valence-corrected chi connectivity index (χ2v) is 4.31. The average Bonchev–Trinajstić information content (AvgIpc) is 2.77. The maximum atomic E-state index is 5.46. The number of hydrogen-bond acceptors (Lipinski definition) is 3. The van der Waals surface area contributed by atoms with Crippen LogP contribution < -0.4 is 5.73 Å². The molecule has 16 heavy (non-hydrogen) atoms. The molecule has 0 aliphatic carbocycles. The fourth-order valence-electron chi connectivity index (χ4n) is 1.76. The van der Waals surface area contributed by atoms with E-state index in [0.29, 0.717) is 0 Å². The first-order chi connectivity index (χ1) is 7.83. The molecule has 2 N–H and O–H groups in total. The molecule has 4 heteroatoms. The Morgan fingerprint density at radius 1 is 1.19 bits per heavy atom. The quantitative estimate of drug-likeness (QED) is 0.644. The van der Waals surface area contributed by atoms with Gasteiger partial charge in [-0.2, -0.15) is 0 Å². The van der Waals surface area contributed by atoms with Gasteiger partial charge in [0.25, 0.3) is 0 Å². The van der Waals surface area contributed by atoms with Crippen LogP contribution in [0.5, 0.6) is 0 Å². The molecule has 1 aromatic heterocycles. The summed E-state index contributed by atoms with van der Waals surface area (Å²) in [5, 5.41) is 0. The van der Waals surface area contributed by atoms with Crippen LogP contribution in [0.4, 0.5) is 0 Å². The summed E-state index contributed by atoms with van der Waals surface area (Å²) in [4.78, 5) is 6.42. The van der Waals surface area contributed by atoms with Gasteiger partial charge in [0.2, 0.25) is 0 Å². The lowest BCUT2D eigenvalue weighted by molar-refractivity contribution is 0.313. The van der Waals surface area contributed by atoms with Crippen molar-refractivity contribution < 1.29 is 0 Å².